The van der Waals surface area contributed by atoms with Crippen molar-refractivity contribution >= 4 is 0 Å². The molecule has 2 aliphatic rings. The molecule has 1 aromatic rings. The van der Waals surface area contributed by atoms with E-state index < -0.39 is 47.7 Å². The van der Waals surface area contributed by atoms with Gasteiger partial charge in [-0.1, -0.05) is 5.73 Å². The number of rotatable bonds is 4. The van der Waals surface area contributed by atoms with E-state index in [2.05, 4.69) is 16.8 Å². The SMILES string of the molecule is C[C@@H](O[C@H]1OCCN[C@H]1C1=C=C=C(F)C=C1)c1cc(C(F)(F)F)cc(C(F)(F)F)c1. The van der Waals surface area contributed by atoms with Crippen LogP contribution in [0.5, 0.6) is 0 Å². The number of halogens is 7. The van der Waals surface area contributed by atoms with Crippen molar-refractivity contribution in [1.29, 1.82) is 0 Å². The zero-order valence-corrected chi connectivity index (χ0v) is 15.5. The first-order valence-electron chi connectivity index (χ1n) is 8.84. The monoisotopic (exact) mass is 435 g/mol. The van der Waals surface area contributed by atoms with Gasteiger partial charge in [0, 0.05) is 12.1 Å². The summed E-state index contributed by atoms with van der Waals surface area (Å²) in [6, 6.07) is 0.623. The first-order chi connectivity index (χ1) is 13.9. The fraction of sp³-hybridized carbons (Fsp3) is 0.400. The third kappa shape index (κ3) is 5.22. The summed E-state index contributed by atoms with van der Waals surface area (Å²) < 4.78 is 103. The lowest BCUT2D eigenvalue weighted by Crippen LogP contribution is -2.50. The van der Waals surface area contributed by atoms with E-state index in [0.717, 1.165) is 6.08 Å². The molecule has 0 radical (unpaired) electrons. The van der Waals surface area contributed by atoms with Gasteiger partial charge >= 0.3 is 12.4 Å². The number of nitrogens with one attached hydrogen (secondary N) is 1. The van der Waals surface area contributed by atoms with Gasteiger partial charge < -0.3 is 14.8 Å². The highest BCUT2D eigenvalue weighted by atomic mass is 19.4. The lowest BCUT2D eigenvalue weighted by molar-refractivity contribution is -0.192. The highest BCUT2D eigenvalue weighted by Crippen LogP contribution is 2.38. The molecule has 0 amide bonds. The molecular formula is C20H16F7NO2. The van der Waals surface area contributed by atoms with Crippen LogP contribution in [0.2, 0.25) is 0 Å². The molecule has 30 heavy (non-hydrogen) atoms. The Morgan fingerprint density at radius 3 is 2.20 bits per heavy atom. The van der Waals surface area contributed by atoms with E-state index in [1.165, 1.54) is 13.0 Å². The topological polar surface area (TPSA) is 30.5 Å². The molecule has 162 valence electrons. The molecule has 10 heteroatoms. The summed E-state index contributed by atoms with van der Waals surface area (Å²) in [5.74, 6) is -0.634. The average Bonchev–Trinajstić information content (AvgIpc) is 2.67. The minimum Gasteiger partial charge on any atom is -0.349 e. The van der Waals surface area contributed by atoms with Crippen LogP contribution < -0.4 is 5.32 Å². The van der Waals surface area contributed by atoms with Crippen LogP contribution in [-0.2, 0) is 21.8 Å². The van der Waals surface area contributed by atoms with Crippen LogP contribution in [0.4, 0.5) is 30.7 Å². The summed E-state index contributed by atoms with van der Waals surface area (Å²) in [7, 11) is 0. The van der Waals surface area contributed by atoms with E-state index in [9.17, 15) is 30.7 Å². The molecular weight excluding hydrogens is 419 g/mol. The molecule has 1 aliphatic carbocycles. The van der Waals surface area contributed by atoms with E-state index in [-0.39, 0.29) is 18.2 Å². The largest absolute Gasteiger partial charge is 0.416 e. The first-order valence-corrected chi connectivity index (χ1v) is 8.84. The van der Waals surface area contributed by atoms with Gasteiger partial charge in [-0.25, -0.2) is 0 Å². The summed E-state index contributed by atoms with van der Waals surface area (Å²) in [4.78, 5) is 0. The van der Waals surface area contributed by atoms with Gasteiger partial charge in [0.2, 0.25) is 0 Å². The van der Waals surface area contributed by atoms with Gasteiger partial charge in [0.1, 0.15) is 0 Å². The lowest BCUT2D eigenvalue weighted by Gasteiger charge is -2.34. The van der Waals surface area contributed by atoms with Crippen LogP contribution in [0, 0.1) is 0 Å². The second-order valence-corrected chi connectivity index (χ2v) is 6.68. The van der Waals surface area contributed by atoms with Gasteiger partial charge in [0.15, 0.2) is 12.1 Å². The third-order valence-electron chi connectivity index (χ3n) is 4.51. The Morgan fingerprint density at radius 1 is 1.03 bits per heavy atom. The Labute approximate surface area is 167 Å². The molecule has 1 N–H and O–H groups in total. The Hall–Kier alpha value is -2.35. The van der Waals surface area contributed by atoms with Crippen molar-refractivity contribution in [3.05, 3.63) is 69.9 Å². The second kappa shape index (κ2) is 8.41. The fourth-order valence-electron chi connectivity index (χ4n) is 3.01. The molecule has 1 aliphatic heterocycles. The van der Waals surface area contributed by atoms with Gasteiger partial charge in [-0.05, 0) is 48.6 Å². The Morgan fingerprint density at radius 2 is 1.67 bits per heavy atom. The number of morpholine rings is 1. The Balaban J connectivity index is 1.90. The number of allylic oxidation sites excluding steroid dienone is 2. The van der Waals surface area contributed by atoms with Gasteiger partial charge in [0.05, 0.1) is 29.9 Å². The smallest absolute Gasteiger partial charge is 0.349 e. The number of ether oxygens (including phenoxy) is 2. The molecule has 0 unspecified atom stereocenters. The summed E-state index contributed by atoms with van der Waals surface area (Å²) in [6.07, 6.45) is -9.57. The number of alkyl halides is 6. The molecule has 0 bridgehead atoms. The molecule has 1 aromatic carbocycles. The van der Waals surface area contributed by atoms with Crippen LogP contribution in [0.1, 0.15) is 29.7 Å². The quantitative estimate of drug-likeness (QED) is 0.520. The zero-order valence-electron chi connectivity index (χ0n) is 15.5. The fourth-order valence-corrected chi connectivity index (χ4v) is 3.01. The molecule has 3 nitrogen and oxygen atoms in total. The van der Waals surface area contributed by atoms with E-state index in [4.69, 9.17) is 9.47 Å². The van der Waals surface area contributed by atoms with Crippen molar-refractivity contribution in [2.24, 2.45) is 0 Å². The summed E-state index contributed by atoms with van der Waals surface area (Å²) in [6.45, 7) is 1.94. The van der Waals surface area contributed by atoms with Crippen molar-refractivity contribution in [3.8, 4) is 0 Å². The second-order valence-electron chi connectivity index (χ2n) is 6.68. The van der Waals surface area contributed by atoms with Crippen molar-refractivity contribution in [2.45, 2.75) is 37.7 Å². The summed E-state index contributed by atoms with van der Waals surface area (Å²) in [5, 5.41) is 3.05. The van der Waals surface area contributed by atoms with E-state index in [1.807, 2.05) is 0 Å². The van der Waals surface area contributed by atoms with Crippen molar-refractivity contribution in [2.75, 3.05) is 13.2 Å². The molecule has 1 saturated heterocycles. The number of hydrogen-bond acceptors (Lipinski definition) is 3. The summed E-state index contributed by atoms with van der Waals surface area (Å²) in [5.41, 5.74) is 2.11. The maximum atomic E-state index is 13.1. The van der Waals surface area contributed by atoms with Gasteiger partial charge in [-0.2, -0.15) is 30.7 Å². The molecule has 3 rings (SSSR count). The molecule has 1 heterocycles. The minimum absolute atomic E-state index is 0.0565. The average molecular weight is 435 g/mol. The van der Waals surface area contributed by atoms with Crippen molar-refractivity contribution in [3.63, 3.8) is 0 Å². The normalized spacial score (nSPS) is 23.2. The maximum absolute atomic E-state index is 13.1. The number of benzene rings is 1. The van der Waals surface area contributed by atoms with Crippen LogP contribution in [0.3, 0.4) is 0 Å². The first kappa shape index (κ1) is 22.3. The standard InChI is InChI=1S/C20H16F7NO2/c1-11(13-8-14(19(22,23)24)10-15(9-13)20(25,26)27)30-18-17(28-6-7-29-18)12-2-4-16(21)5-3-12/h2,4,8-11,17-18,28H,6-7H2,1H3/t11-,17+,18-/m1/s1. The highest BCUT2D eigenvalue weighted by molar-refractivity contribution is 5.35. The van der Waals surface area contributed by atoms with Crippen LogP contribution in [0.15, 0.2) is 53.2 Å². The zero-order chi connectivity index (χ0) is 22.1. The maximum Gasteiger partial charge on any atom is 0.416 e. The van der Waals surface area contributed by atoms with Crippen LogP contribution in [-0.4, -0.2) is 25.5 Å². The third-order valence-corrected chi connectivity index (χ3v) is 4.51. The van der Waals surface area contributed by atoms with Crippen LogP contribution >= 0.6 is 0 Å². The molecule has 3 atom stereocenters. The minimum atomic E-state index is -4.96. The number of hydrogen-bond donors (Lipinski definition) is 1. The van der Waals surface area contributed by atoms with Gasteiger partial charge in [-0.3, -0.25) is 0 Å². The van der Waals surface area contributed by atoms with E-state index in [1.54, 1.807) is 0 Å². The molecule has 1 fully saturated rings. The summed E-state index contributed by atoms with van der Waals surface area (Å²) >= 11 is 0. The van der Waals surface area contributed by atoms with Crippen molar-refractivity contribution < 1.29 is 40.2 Å². The predicted octanol–water partition coefficient (Wildman–Crippen LogP) is 5.22. The van der Waals surface area contributed by atoms with E-state index >= 15 is 0 Å². The van der Waals surface area contributed by atoms with E-state index in [0.29, 0.717) is 24.3 Å². The van der Waals surface area contributed by atoms with Gasteiger partial charge in [0.25, 0.3) is 0 Å². The Kier molecular flexibility index (Phi) is 6.26. The molecule has 0 saturated carbocycles. The highest BCUT2D eigenvalue weighted by Gasteiger charge is 2.38. The van der Waals surface area contributed by atoms with Crippen molar-refractivity contribution in [1.82, 2.24) is 5.32 Å². The molecule has 0 spiro atoms. The predicted molar refractivity (Wildman–Crippen MR) is 91.8 cm³/mol. The van der Waals surface area contributed by atoms with Gasteiger partial charge in [-0.15, -0.1) is 0 Å². The lowest BCUT2D eigenvalue weighted by atomic mass is 10.0. The van der Waals surface area contributed by atoms with Crippen LogP contribution in [0.25, 0.3) is 0 Å². The Bertz CT molecular complexity index is 903. The molecule has 0 aromatic heterocycles.